The molecule has 1 aromatic carbocycles. The quantitative estimate of drug-likeness (QED) is 0.485. The van der Waals surface area contributed by atoms with Gasteiger partial charge in [0.1, 0.15) is 26.2 Å². The first kappa shape index (κ1) is 18.9. The average Bonchev–Trinajstić information content (AvgIpc) is 3.46. The number of carbonyl (C=O) groups is 2. The summed E-state index contributed by atoms with van der Waals surface area (Å²) in [6.07, 6.45) is 3.16. The van der Waals surface area contributed by atoms with E-state index in [1.165, 1.54) is 15.4 Å². The first-order valence-corrected chi connectivity index (χ1v) is 9.93. The number of benzene rings is 1. The van der Waals surface area contributed by atoms with Crippen molar-refractivity contribution in [3.05, 3.63) is 29.8 Å². The fourth-order valence-electron chi connectivity index (χ4n) is 3.65. The summed E-state index contributed by atoms with van der Waals surface area (Å²) in [6.45, 7) is 8.35. The van der Waals surface area contributed by atoms with Crippen LogP contribution in [0.25, 0.3) is 0 Å². The van der Waals surface area contributed by atoms with Gasteiger partial charge in [0, 0.05) is 11.7 Å². The van der Waals surface area contributed by atoms with Crippen molar-refractivity contribution in [1.82, 2.24) is 5.32 Å². The molecule has 1 saturated carbocycles. The molecule has 3 rings (SSSR count). The SMILES string of the molecule is CCc1ccccc1NC(=O)C[NH+]1CC[NH+]([C@@H](C)C(=O)NC2CC2)CC1. The van der Waals surface area contributed by atoms with Crippen molar-refractivity contribution in [3.8, 4) is 0 Å². The minimum atomic E-state index is 0.00223. The molecule has 2 aliphatic rings. The number of aryl methyl sites for hydroxylation is 1. The fraction of sp³-hybridized carbons (Fsp3) is 0.600. The van der Waals surface area contributed by atoms with E-state index in [4.69, 9.17) is 0 Å². The molecular weight excluding hydrogens is 328 g/mol. The Morgan fingerprint density at radius 2 is 1.85 bits per heavy atom. The molecular formula is C20H32N4O2+2. The van der Waals surface area contributed by atoms with E-state index >= 15 is 0 Å². The molecule has 6 nitrogen and oxygen atoms in total. The van der Waals surface area contributed by atoms with E-state index in [-0.39, 0.29) is 17.9 Å². The summed E-state index contributed by atoms with van der Waals surface area (Å²) in [4.78, 5) is 27.2. The number of anilines is 1. The molecule has 1 saturated heterocycles. The Morgan fingerprint density at radius 1 is 1.15 bits per heavy atom. The van der Waals surface area contributed by atoms with Crippen LogP contribution in [-0.4, -0.2) is 56.6 Å². The van der Waals surface area contributed by atoms with Gasteiger partial charge in [-0.3, -0.25) is 9.59 Å². The Kier molecular flexibility index (Phi) is 6.27. The molecule has 0 unspecified atom stereocenters. The van der Waals surface area contributed by atoms with E-state index in [0.717, 1.165) is 51.1 Å². The minimum absolute atomic E-state index is 0.00223. The van der Waals surface area contributed by atoms with Crippen LogP contribution in [0.2, 0.25) is 0 Å². The molecule has 0 radical (unpaired) electrons. The summed E-state index contributed by atoms with van der Waals surface area (Å²) >= 11 is 0. The van der Waals surface area contributed by atoms with Gasteiger partial charge >= 0.3 is 0 Å². The number of hydrogen-bond acceptors (Lipinski definition) is 2. The third-order valence-corrected chi connectivity index (χ3v) is 5.61. The molecule has 1 aliphatic carbocycles. The summed E-state index contributed by atoms with van der Waals surface area (Å²) in [5.74, 6) is 0.253. The van der Waals surface area contributed by atoms with Crippen LogP contribution in [0.1, 0.15) is 32.3 Å². The van der Waals surface area contributed by atoms with E-state index in [2.05, 4.69) is 23.6 Å². The van der Waals surface area contributed by atoms with E-state index in [0.29, 0.717) is 12.6 Å². The molecule has 142 valence electrons. The third-order valence-electron chi connectivity index (χ3n) is 5.61. The van der Waals surface area contributed by atoms with Crippen LogP contribution in [0.15, 0.2) is 24.3 Å². The number of nitrogens with one attached hydrogen (secondary N) is 4. The monoisotopic (exact) mass is 360 g/mol. The summed E-state index contributed by atoms with van der Waals surface area (Å²) in [5.41, 5.74) is 2.09. The average molecular weight is 361 g/mol. The molecule has 26 heavy (non-hydrogen) atoms. The molecule has 0 spiro atoms. The Morgan fingerprint density at radius 3 is 2.50 bits per heavy atom. The van der Waals surface area contributed by atoms with Crippen LogP contribution in [0.3, 0.4) is 0 Å². The van der Waals surface area contributed by atoms with Crippen LogP contribution in [0.5, 0.6) is 0 Å². The van der Waals surface area contributed by atoms with Gasteiger partial charge in [-0.1, -0.05) is 25.1 Å². The lowest BCUT2D eigenvalue weighted by atomic mass is 10.1. The van der Waals surface area contributed by atoms with Crippen molar-refractivity contribution in [3.63, 3.8) is 0 Å². The van der Waals surface area contributed by atoms with Gasteiger partial charge in [0.25, 0.3) is 11.8 Å². The van der Waals surface area contributed by atoms with E-state index in [9.17, 15) is 9.59 Å². The van der Waals surface area contributed by atoms with Gasteiger partial charge in [-0.05, 0) is 37.8 Å². The molecule has 0 aromatic heterocycles. The second-order valence-electron chi connectivity index (χ2n) is 7.65. The molecule has 1 aliphatic heterocycles. The second-order valence-corrected chi connectivity index (χ2v) is 7.65. The summed E-state index contributed by atoms with van der Waals surface area (Å²) < 4.78 is 0. The Balaban J connectivity index is 1.43. The number of para-hydroxylation sites is 1. The molecule has 1 atom stereocenters. The van der Waals surface area contributed by atoms with Crippen molar-refractivity contribution in [2.24, 2.45) is 0 Å². The predicted molar refractivity (Wildman–Crippen MR) is 101 cm³/mol. The third kappa shape index (κ3) is 5.05. The number of carbonyl (C=O) groups excluding carboxylic acids is 2. The first-order chi connectivity index (χ1) is 12.6. The van der Waals surface area contributed by atoms with Crippen LogP contribution >= 0.6 is 0 Å². The molecule has 2 fully saturated rings. The standard InChI is InChI=1S/C20H30N4O2/c1-3-16-6-4-5-7-18(16)22-19(25)14-23-10-12-24(13-11-23)15(2)20(26)21-17-8-9-17/h4-7,15,17H,3,8-14H2,1-2H3,(H,21,26)(H,22,25)/p+2/t15-/m0/s1. The van der Waals surface area contributed by atoms with E-state index in [1.54, 1.807) is 0 Å². The van der Waals surface area contributed by atoms with Gasteiger partial charge in [-0.2, -0.15) is 0 Å². The Labute approximate surface area is 155 Å². The molecule has 0 bridgehead atoms. The van der Waals surface area contributed by atoms with Crippen molar-refractivity contribution in [2.75, 3.05) is 38.0 Å². The topological polar surface area (TPSA) is 67.1 Å². The van der Waals surface area contributed by atoms with E-state index in [1.807, 2.05) is 25.1 Å². The molecule has 1 aromatic rings. The highest BCUT2D eigenvalue weighted by atomic mass is 16.2. The zero-order valence-electron chi connectivity index (χ0n) is 15.9. The number of amides is 2. The zero-order valence-corrected chi connectivity index (χ0v) is 15.9. The van der Waals surface area contributed by atoms with Crippen molar-refractivity contribution >= 4 is 17.5 Å². The lowest BCUT2D eigenvalue weighted by Crippen LogP contribution is -3.30. The van der Waals surface area contributed by atoms with Crippen molar-refractivity contribution in [2.45, 2.75) is 45.2 Å². The Bertz CT molecular complexity index is 636. The lowest BCUT2D eigenvalue weighted by molar-refractivity contribution is -1.01. The molecule has 6 heteroatoms. The smallest absolute Gasteiger partial charge is 0.279 e. The number of hydrogen-bond donors (Lipinski definition) is 4. The fourth-order valence-corrected chi connectivity index (χ4v) is 3.65. The number of quaternary nitrogens is 2. The van der Waals surface area contributed by atoms with Crippen LogP contribution in [0, 0.1) is 0 Å². The highest BCUT2D eigenvalue weighted by molar-refractivity contribution is 5.92. The summed E-state index contributed by atoms with van der Waals surface area (Å²) in [7, 11) is 0. The van der Waals surface area contributed by atoms with Gasteiger partial charge in [-0.25, -0.2) is 0 Å². The van der Waals surface area contributed by atoms with Gasteiger partial charge in [0.2, 0.25) is 0 Å². The molecule has 2 amide bonds. The maximum Gasteiger partial charge on any atom is 0.279 e. The van der Waals surface area contributed by atoms with Gasteiger partial charge < -0.3 is 20.4 Å². The van der Waals surface area contributed by atoms with Gasteiger partial charge in [0.05, 0.1) is 0 Å². The number of piperazine rings is 1. The maximum absolute atomic E-state index is 12.4. The lowest BCUT2D eigenvalue weighted by Gasteiger charge is -2.32. The van der Waals surface area contributed by atoms with Gasteiger partial charge in [0.15, 0.2) is 12.6 Å². The summed E-state index contributed by atoms with van der Waals surface area (Å²) in [5, 5.41) is 6.16. The van der Waals surface area contributed by atoms with Crippen molar-refractivity contribution in [1.29, 1.82) is 0 Å². The highest BCUT2D eigenvalue weighted by Crippen LogP contribution is 2.18. The summed E-state index contributed by atoms with van der Waals surface area (Å²) in [6, 6.07) is 8.40. The normalized spacial score (nSPS) is 23.9. The zero-order chi connectivity index (χ0) is 18.5. The van der Waals surface area contributed by atoms with E-state index < -0.39 is 0 Å². The maximum atomic E-state index is 12.4. The Hall–Kier alpha value is -1.92. The molecule has 1 heterocycles. The minimum Gasteiger partial charge on any atom is -0.348 e. The highest BCUT2D eigenvalue weighted by Gasteiger charge is 2.34. The second kappa shape index (κ2) is 8.64. The van der Waals surface area contributed by atoms with Gasteiger partial charge in [-0.15, -0.1) is 0 Å². The van der Waals surface area contributed by atoms with Crippen LogP contribution < -0.4 is 20.4 Å². The van der Waals surface area contributed by atoms with Crippen LogP contribution in [-0.2, 0) is 16.0 Å². The molecule has 4 N–H and O–H groups in total. The first-order valence-electron chi connectivity index (χ1n) is 9.93. The predicted octanol–water partition coefficient (Wildman–Crippen LogP) is -1.36. The largest absolute Gasteiger partial charge is 0.348 e. The van der Waals surface area contributed by atoms with Crippen LogP contribution in [0.4, 0.5) is 5.69 Å². The number of rotatable bonds is 7. The van der Waals surface area contributed by atoms with Crippen molar-refractivity contribution < 1.29 is 19.4 Å².